The molecule has 154 valence electrons. The quantitative estimate of drug-likeness (QED) is 0.389. The summed E-state index contributed by atoms with van der Waals surface area (Å²) in [7, 11) is 0. The highest BCUT2D eigenvalue weighted by atomic mass is 32.2. The highest BCUT2D eigenvalue weighted by molar-refractivity contribution is 8.14. The third-order valence-corrected chi connectivity index (χ3v) is 5.64. The van der Waals surface area contributed by atoms with E-state index in [-0.39, 0.29) is 30.0 Å². The van der Waals surface area contributed by atoms with Crippen molar-refractivity contribution in [1.29, 1.82) is 0 Å². The van der Waals surface area contributed by atoms with Crippen LogP contribution in [0, 0.1) is 17.8 Å². The summed E-state index contributed by atoms with van der Waals surface area (Å²) in [6, 6.07) is -0.585. The molecule has 1 fully saturated rings. The second-order valence-electron chi connectivity index (χ2n) is 7.37. The molecule has 3 aliphatic rings. The van der Waals surface area contributed by atoms with E-state index < -0.39 is 17.9 Å². The lowest BCUT2D eigenvalue weighted by Gasteiger charge is -2.39. The molecule has 0 aromatic carbocycles. The van der Waals surface area contributed by atoms with E-state index in [1.807, 2.05) is 32.1 Å². The second kappa shape index (κ2) is 9.38. The monoisotopic (exact) mass is 415 g/mol. The van der Waals surface area contributed by atoms with Gasteiger partial charge in [-0.1, -0.05) is 54.3 Å². The van der Waals surface area contributed by atoms with Gasteiger partial charge in [-0.05, 0) is 31.1 Å². The minimum atomic E-state index is -1.65. The van der Waals surface area contributed by atoms with Crippen molar-refractivity contribution >= 4 is 23.0 Å². The van der Waals surface area contributed by atoms with Crippen molar-refractivity contribution < 1.29 is 24.2 Å². The average Bonchev–Trinajstić information content (AvgIpc) is 3.09. The largest absolute Gasteiger partial charge is 0.460 e. The van der Waals surface area contributed by atoms with Crippen LogP contribution in [-0.4, -0.2) is 40.0 Å². The van der Waals surface area contributed by atoms with E-state index in [1.165, 1.54) is 0 Å². The lowest BCUT2D eigenvalue weighted by atomic mass is 9.97. The normalized spacial score (nSPS) is 36.9. The molecule has 0 aromatic heterocycles. The molecule has 3 aliphatic heterocycles. The Bertz CT molecular complexity index is 847. The fourth-order valence-corrected chi connectivity index (χ4v) is 4.07. The van der Waals surface area contributed by atoms with Gasteiger partial charge in [0.25, 0.3) is 5.24 Å². The average molecular weight is 416 g/mol. The fraction of sp³-hybridized carbons (Fsp3) is 0.455. The van der Waals surface area contributed by atoms with Gasteiger partial charge in [0.2, 0.25) is 5.79 Å². The molecule has 29 heavy (non-hydrogen) atoms. The van der Waals surface area contributed by atoms with Crippen molar-refractivity contribution in [3.05, 3.63) is 47.8 Å². The molecule has 1 saturated heterocycles. The van der Waals surface area contributed by atoms with E-state index >= 15 is 0 Å². The van der Waals surface area contributed by atoms with E-state index in [0.717, 1.165) is 17.3 Å². The maximum atomic E-state index is 12.4. The van der Waals surface area contributed by atoms with Crippen molar-refractivity contribution in [3.8, 4) is 11.8 Å². The van der Waals surface area contributed by atoms with Gasteiger partial charge in [0.05, 0.1) is 12.8 Å². The minimum Gasteiger partial charge on any atom is -0.460 e. The predicted molar refractivity (Wildman–Crippen MR) is 112 cm³/mol. The number of carbonyl (C=O) groups excluding carboxylic acids is 2. The van der Waals surface area contributed by atoms with Crippen LogP contribution in [0.25, 0.3) is 0 Å². The van der Waals surface area contributed by atoms with Gasteiger partial charge in [-0.15, -0.1) is 0 Å². The van der Waals surface area contributed by atoms with Crippen LogP contribution in [0.3, 0.4) is 0 Å². The van der Waals surface area contributed by atoms with Gasteiger partial charge in [0.15, 0.2) is 0 Å². The summed E-state index contributed by atoms with van der Waals surface area (Å²) in [6.07, 6.45) is 11.1. The molecule has 4 atom stereocenters. The topological polar surface area (TPSA) is 84.9 Å². The molecule has 0 spiro atoms. The molecule has 6 nitrogen and oxygen atoms in total. The van der Waals surface area contributed by atoms with Gasteiger partial charge in [0.1, 0.15) is 17.9 Å². The van der Waals surface area contributed by atoms with Crippen LogP contribution in [0.5, 0.6) is 0 Å². The summed E-state index contributed by atoms with van der Waals surface area (Å²) < 4.78 is 11.4. The highest BCUT2D eigenvalue weighted by Crippen LogP contribution is 2.34. The van der Waals surface area contributed by atoms with Crippen LogP contribution in [0.1, 0.15) is 33.1 Å². The number of fused-ring (bicyclic) bond motifs is 1. The Balaban J connectivity index is 1.87. The zero-order valence-corrected chi connectivity index (χ0v) is 17.3. The molecular weight excluding hydrogens is 390 g/mol. The van der Waals surface area contributed by atoms with Crippen molar-refractivity contribution in [1.82, 2.24) is 5.32 Å². The molecule has 0 aliphatic carbocycles. The lowest BCUT2D eigenvalue weighted by molar-refractivity contribution is -0.215. The number of allylic oxidation sites excluding steroid dienone is 5. The summed E-state index contributed by atoms with van der Waals surface area (Å²) in [5.74, 6) is 4.83. The number of esters is 1. The van der Waals surface area contributed by atoms with Gasteiger partial charge in [-0.2, -0.15) is 0 Å². The zero-order valence-electron chi connectivity index (χ0n) is 16.5. The van der Waals surface area contributed by atoms with Crippen LogP contribution < -0.4 is 5.32 Å². The number of aliphatic hydroxyl groups is 1. The first-order chi connectivity index (χ1) is 13.8. The molecule has 1 amide bonds. The maximum absolute atomic E-state index is 12.4. The third-order valence-electron chi connectivity index (χ3n) is 4.76. The number of ether oxygens (including phenoxy) is 2. The summed E-state index contributed by atoms with van der Waals surface area (Å²) in [5.41, 5.74) is 0.875. The van der Waals surface area contributed by atoms with E-state index in [4.69, 9.17) is 9.47 Å². The van der Waals surface area contributed by atoms with Crippen LogP contribution in [0.15, 0.2) is 47.8 Å². The molecule has 0 unspecified atom stereocenters. The van der Waals surface area contributed by atoms with E-state index in [2.05, 4.69) is 17.2 Å². The molecule has 2 N–H and O–H groups in total. The fourth-order valence-electron chi connectivity index (χ4n) is 3.18. The zero-order chi connectivity index (χ0) is 20.9. The summed E-state index contributed by atoms with van der Waals surface area (Å²) in [6.45, 7) is 3.86. The second-order valence-corrected chi connectivity index (χ2v) is 8.37. The van der Waals surface area contributed by atoms with Crippen molar-refractivity contribution in [2.45, 2.75) is 51.0 Å². The Morgan fingerprint density at radius 1 is 1.34 bits per heavy atom. The number of hydrogen-bond donors (Lipinski definition) is 2. The van der Waals surface area contributed by atoms with Crippen molar-refractivity contribution in [2.24, 2.45) is 5.92 Å². The Labute approximate surface area is 175 Å². The SMILES string of the molecule is C/C1=C\CC#C/C=C/[C@@H](C)/C=C/C2=C[C@H](C[C@](O)([C@@H]3CSC(=O)N3)O2)OC(=O)C1. The third kappa shape index (κ3) is 6.02. The predicted octanol–water partition coefficient (Wildman–Crippen LogP) is 3.21. The molecule has 0 aromatic rings. The smallest absolute Gasteiger partial charge is 0.310 e. The molecule has 0 saturated carbocycles. The molecular formula is C22H25NO5S. The maximum Gasteiger partial charge on any atom is 0.310 e. The minimum absolute atomic E-state index is 0.0469. The van der Waals surface area contributed by atoms with Gasteiger partial charge >= 0.3 is 5.97 Å². The van der Waals surface area contributed by atoms with Crippen molar-refractivity contribution in [2.75, 3.05) is 5.75 Å². The lowest BCUT2D eigenvalue weighted by Crippen LogP contribution is -2.55. The first-order valence-electron chi connectivity index (χ1n) is 9.59. The van der Waals surface area contributed by atoms with Crippen LogP contribution in [0.4, 0.5) is 4.79 Å². The van der Waals surface area contributed by atoms with E-state index in [9.17, 15) is 14.7 Å². The number of nitrogens with one attached hydrogen (secondary N) is 1. The summed E-state index contributed by atoms with van der Waals surface area (Å²) in [5, 5.41) is 13.6. The van der Waals surface area contributed by atoms with Crippen LogP contribution in [-0.2, 0) is 14.3 Å². The van der Waals surface area contributed by atoms with Gasteiger partial charge in [-0.3, -0.25) is 9.59 Å². The number of carbonyl (C=O) groups is 2. The van der Waals surface area contributed by atoms with Gasteiger partial charge < -0.3 is 19.9 Å². The Morgan fingerprint density at radius 2 is 2.17 bits per heavy atom. The van der Waals surface area contributed by atoms with E-state index in [1.54, 1.807) is 18.2 Å². The molecule has 3 heterocycles. The standard InChI is InChI=1S/C22H25NO5S/c1-15-7-5-3-4-6-8-16(2)11-20(24)27-18-12-17(10-9-15)28-22(26,13-18)19-14-29-21(25)23-19/h5,7-10,12,15,18-19,26H,6,11,13-14H2,1-2H3,(H,23,25)/b7-5+,10-9+,16-8+/t15-,18-,19+,22-/m1/s1. The van der Waals surface area contributed by atoms with Crippen molar-refractivity contribution in [3.63, 3.8) is 0 Å². The number of hydrogen-bond acceptors (Lipinski definition) is 6. The summed E-state index contributed by atoms with van der Waals surface area (Å²) >= 11 is 1.09. The van der Waals surface area contributed by atoms with Gasteiger partial charge in [0, 0.05) is 12.2 Å². The van der Waals surface area contributed by atoms with Gasteiger partial charge in [-0.25, -0.2) is 0 Å². The number of thioether (sulfide) groups is 1. The van der Waals surface area contributed by atoms with Crippen LogP contribution in [0.2, 0.25) is 0 Å². The first-order valence-corrected chi connectivity index (χ1v) is 10.6. The molecule has 7 heteroatoms. The Hall–Kier alpha value is -2.43. The number of amides is 1. The molecule has 0 radical (unpaired) electrons. The molecule has 3 rings (SSSR count). The number of rotatable bonds is 1. The van der Waals surface area contributed by atoms with E-state index in [0.29, 0.717) is 17.9 Å². The highest BCUT2D eigenvalue weighted by Gasteiger charge is 2.48. The Morgan fingerprint density at radius 3 is 2.93 bits per heavy atom. The van der Waals surface area contributed by atoms with Crippen LogP contribution >= 0.6 is 11.8 Å². The summed E-state index contributed by atoms with van der Waals surface area (Å²) in [4.78, 5) is 24.0. The first kappa shape index (κ1) is 21.3. The molecule has 2 bridgehead atoms. The Kier molecular flexibility index (Phi) is 6.88.